The molecule has 1 aliphatic rings. The first-order chi connectivity index (χ1) is 15.5. The number of piperazine rings is 1. The number of esters is 1. The smallest absolute Gasteiger partial charge is 0.311 e. The number of hydrogen-bond acceptors (Lipinski definition) is 7. The predicted octanol–water partition coefficient (Wildman–Crippen LogP) is 3.64. The summed E-state index contributed by atoms with van der Waals surface area (Å²) in [5, 5.41) is 8.83. The third-order valence-corrected chi connectivity index (χ3v) is 5.45. The Labute approximate surface area is 212 Å². The minimum atomic E-state index is -1.05. The number of carboxylic acid groups (broad SMARTS) is 1. The quantitative estimate of drug-likeness (QED) is 0.379. The van der Waals surface area contributed by atoms with E-state index in [1.54, 1.807) is 6.07 Å². The van der Waals surface area contributed by atoms with E-state index in [1.807, 2.05) is 12.1 Å². The van der Waals surface area contributed by atoms with E-state index in [2.05, 4.69) is 34.1 Å². The summed E-state index contributed by atoms with van der Waals surface area (Å²) >= 11 is 0. The van der Waals surface area contributed by atoms with Gasteiger partial charge in [-0.25, -0.2) is 0 Å². The minimum Gasteiger partial charge on any atom is -0.493 e. The Bertz CT molecular complexity index is 921. The van der Waals surface area contributed by atoms with Crippen LogP contribution in [0.3, 0.4) is 0 Å². The largest absolute Gasteiger partial charge is 0.493 e. The SMILES string of the molecule is COc1ccc(CN2CCN(Cc3ccccc3)CC2)c(OC(=O)CCC(=O)O)c1OC.Cl.Cl. The number of benzene rings is 2. The molecule has 3 rings (SSSR count). The first-order valence-corrected chi connectivity index (χ1v) is 10.6. The van der Waals surface area contributed by atoms with E-state index in [4.69, 9.17) is 19.3 Å². The molecule has 8 nitrogen and oxygen atoms in total. The Hall–Kier alpha value is -2.52. The molecule has 188 valence electrons. The van der Waals surface area contributed by atoms with Crippen LogP contribution in [0.15, 0.2) is 42.5 Å². The van der Waals surface area contributed by atoms with Gasteiger partial charge in [0, 0.05) is 44.8 Å². The highest BCUT2D eigenvalue weighted by Gasteiger charge is 2.23. The number of carbonyl (C=O) groups excluding carboxylic acids is 1. The molecule has 1 heterocycles. The van der Waals surface area contributed by atoms with Crippen molar-refractivity contribution in [3.63, 3.8) is 0 Å². The van der Waals surface area contributed by atoms with Crippen LogP contribution in [0, 0.1) is 0 Å². The number of aliphatic carboxylic acids is 1. The number of carboxylic acids is 1. The summed E-state index contributed by atoms with van der Waals surface area (Å²) in [7, 11) is 3.00. The molecule has 10 heteroatoms. The van der Waals surface area contributed by atoms with Crippen molar-refractivity contribution in [1.29, 1.82) is 0 Å². The molecule has 0 aromatic heterocycles. The Balaban J connectivity index is 0.00000289. The molecule has 0 bridgehead atoms. The molecular formula is C24H32Cl2N2O6. The van der Waals surface area contributed by atoms with Gasteiger partial charge in [0.25, 0.3) is 0 Å². The maximum atomic E-state index is 12.2. The van der Waals surface area contributed by atoms with Crippen molar-refractivity contribution < 1.29 is 28.9 Å². The van der Waals surface area contributed by atoms with Gasteiger partial charge in [-0.3, -0.25) is 19.4 Å². The number of halogens is 2. The molecule has 0 spiro atoms. The number of nitrogens with zero attached hydrogens (tertiary/aromatic N) is 2. The molecule has 2 aromatic carbocycles. The Kier molecular flexibility index (Phi) is 12.7. The van der Waals surface area contributed by atoms with Gasteiger partial charge in [0.15, 0.2) is 11.5 Å². The maximum Gasteiger partial charge on any atom is 0.311 e. The van der Waals surface area contributed by atoms with E-state index in [1.165, 1.54) is 19.8 Å². The van der Waals surface area contributed by atoms with Crippen LogP contribution in [0.5, 0.6) is 17.2 Å². The topological polar surface area (TPSA) is 88.5 Å². The number of methoxy groups -OCH3 is 2. The van der Waals surface area contributed by atoms with Gasteiger partial charge >= 0.3 is 11.9 Å². The zero-order chi connectivity index (χ0) is 22.9. The van der Waals surface area contributed by atoms with Crippen LogP contribution in [0.1, 0.15) is 24.0 Å². The molecule has 0 saturated carbocycles. The fraction of sp³-hybridized carbons (Fsp3) is 0.417. The summed E-state index contributed by atoms with van der Waals surface area (Å²) in [6.45, 7) is 5.16. The van der Waals surface area contributed by atoms with Crippen molar-refractivity contribution >= 4 is 36.8 Å². The fourth-order valence-corrected chi connectivity index (χ4v) is 3.74. The van der Waals surface area contributed by atoms with Crippen LogP contribution in [0.2, 0.25) is 0 Å². The number of carbonyl (C=O) groups is 2. The highest BCUT2D eigenvalue weighted by Crippen LogP contribution is 2.40. The normalized spacial score (nSPS) is 13.8. The molecule has 1 N–H and O–H groups in total. The summed E-state index contributed by atoms with van der Waals surface area (Å²) in [5.41, 5.74) is 2.10. The van der Waals surface area contributed by atoms with Gasteiger partial charge < -0.3 is 19.3 Å². The lowest BCUT2D eigenvalue weighted by atomic mass is 10.1. The van der Waals surface area contributed by atoms with Crippen LogP contribution in [-0.4, -0.2) is 67.2 Å². The first-order valence-electron chi connectivity index (χ1n) is 10.6. The third kappa shape index (κ3) is 8.36. The predicted molar refractivity (Wildman–Crippen MR) is 134 cm³/mol. The van der Waals surface area contributed by atoms with Crippen molar-refractivity contribution in [2.75, 3.05) is 40.4 Å². The molecule has 1 fully saturated rings. The van der Waals surface area contributed by atoms with E-state index >= 15 is 0 Å². The van der Waals surface area contributed by atoms with E-state index in [9.17, 15) is 9.59 Å². The molecule has 0 radical (unpaired) electrons. The van der Waals surface area contributed by atoms with Crippen molar-refractivity contribution in [3.05, 3.63) is 53.6 Å². The third-order valence-electron chi connectivity index (χ3n) is 5.45. The van der Waals surface area contributed by atoms with Gasteiger partial charge in [-0.2, -0.15) is 0 Å². The van der Waals surface area contributed by atoms with Crippen molar-refractivity contribution in [1.82, 2.24) is 9.80 Å². The van der Waals surface area contributed by atoms with E-state index in [0.29, 0.717) is 18.0 Å². The van der Waals surface area contributed by atoms with Crippen molar-refractivity contribution in [2.45, 2.75) is 25.9 Å². The van der Waals surface area contributed by atoms with Crippen molar-refractivity contribution in [3.8, 4) is 17.2 Å². The summed E-state index contributed by atoms with van der Waals surface area (Å²) in [6, 6.07) is 14.1. The summed E-state index contributed by atoms with van der Waals surface area (Å²) in [5.74, 6) is -0.601. The molecule has 1 saturated heterocycles. The summed E-state index contributed by atoms with van der Waals surface area (Å²) in [6.07, 6.45) is -0.503. The average molecular weight is 515 g/mol. The summed E-state index contributed by atoms with van der Waals surface area (Å²) in [4.78, 5) is 27.8. The molecule has 0 amide bonds. The Morgan fingerprint density at radius 3 is 2.00 bits per heavy atom. The average Bonchev–Trinajstić information content (AvgIpc) is 2.80. The first kappa shape index (κ1) is 29.5. The van der Waals surface area contributed by atoms with Gasteiger partial charge in [-0.1, -0.05) is 36.4 Å². The van der Waals surface area contributed by atoms with E-state index in [-0.39, 0.29) is 43.4 Å². The number of rotatable bonds is 10. The maximum absolute atomic E-state index is 12.2. The van der Waals surface area contributed by atoms with Crippen molar-refractivity contribution in [2.24, 2.45) is 0 Å². The molecule has 0 aliphatic carbocycles. The molecule has 0 unspecified atom stereocenters. The number of ether oxygens (including phenoxy) is 3. The lowest BCUT2D eigenvalue weighted by Crippen LogP contribution is -2.45. The summed E-state index contributed by atoms with van der Waals surface area (Å²) < 4.78 is 16.4. The highest BCUT2D eigenvalue weighted by molar-refractivity contribution is 5.85. The highest BCUT2D eigenvalue weighted by atomic mass is 35.5. The van der Waals surface area contributed by atoms with Gasteiger partial charge in [-0.05, 0) is 11.6 Å². The molecule has 34 heavy (non-hydrogen) atoms. The van der Waals surface area contributed by atoms with Crippen LogP contribution >= 0.6 is 24.8 Å². The standard InChI is InChI=1S/C24H30N2O6.2ClH/c1-30-20-9-8-19(23(24(20)31-2)32-22(29)11-10-21(27)28)17-26-14-12-25(13-15-26)16-18-6-4-3-5-7-18;;/h3-9H,10-17H2,1-2H3,(H,27,28);2*1H. The van der Waals surface area contributed by atoms with E-state index < -0.39 is 11.9 Å². The second-order valence-corrected chi connectivity index (χ2v) is 7.70. The lowest BCUT2D eigenvalue weighted by molar-refractivity contribution is -0.142. The van der Waals surface area contributed by atoms with E-state index in [0.717, 1.165) is 38.3 Å². The molecular weight excluding hydrogens is 483 g/mol. The molecule has 0 atom stereocenters. The zero-order valence-electron chi connectivity index (χ0n) is 19.4. The van der Waals surface area contributed by atoms with Gasteiger partial charge in [0.1, 0.15) is 0 Å². The van der Waals surface area contributed by atoms with Gasteiger partial charge in [-0.15, -0.1) is 24.8 Å². The van der Waals surface area contributed by atoms with Crippen LogP contribution < -0.4 is 14.2 Å². The fourth-order valence-electron chi connectivity index (χ4n) is 3.74. The van der Waals surface area contributed by atoms with Crippen LogP contribution in [0.4, 0.5) is 0 Å². The molecule has 1 aliphatic heterocycles. The van der Waals surface area contributed by atoms with Crippen LogP contribution in [-0.2, 0) is 22.7 Å². The monoisotopic (exact) mass is 514 g/mol. The Morgan fingerprint density at radius 1 is 0.824 bits per heavy atom. The Morgan fingerprint density at radius 2 is 1.44 bits per heavy atom. The second kappa shape index (κ2) is 14.7. The van der Waals surface area contributed by atoms with Crippen LogP contribution in [0.25, 0.3) is 0 Å². The van der Waals surface area contributed by atoms with Gasteiger partial charge in [0.05, 0.1) is 27.1 Å². The second-order valence-electron chi connectivity index (χ2n) is 7.70. The zero-order valence-corrected chi connectivity index (χ0v) is 21.0. The molecule has 2 aromatic rings. The minimum absolute atomic E-state index is 0. The number of hydrogen-bond donors (Lipinski definition) is 1. The van der Waals surface area contributed by atoms with Gasteiger partial charge in [0.2, 0.25) is 5.75 Å². The lowest BCUT2D eigenvalue weighted by Gasteiger charge is -2.35.